The third-order valence-corrected chi connectivity index (χ3v) is 2.48. The lowest BCUT2D eigenvalue weighted by atomic mass is 10.0. The second kappa shape index (κ2) is 6.82. The summed E-state index contributed by atoms with van der Waals surface area (Å²) in [6, 6.07) is 0. The molecule has 1 heterocycles. The second-order valence-corrected chi connectivity index (χ2v) is 3.84. The largest absolute Gasteiger partial charge is 0.466 e. The Morgan fingerprint density at radius 3 is 3.07 bits per heavy atom. The van der Waals surface area contributed by atoms with Crippen LogP contribution in [0.5, 0.6) is 0 Å². The number of rotatable bonds is 6. The van der Waals surface area contributed by atoms with Crippen LogP contribution in [0, 0.1) is 5.92 Å². The van der Waals surface area contributed by atoms with E-state index in [1.165, 1.54) is 0 Å². The van der Waals surface area contributed by atoms with E-state index in [0.29, 0.717) is 18.9 Å². The summed E-state index contributed by atoms with van der Waals surface area (Å²) in [5.41, 5.74) is 0. The van der Waals surface area contributed by atoms with Crippen LogP contribution in [-0.4, -0.2) is 25.8 Å². The van der Waals surface area contributed by atoms with Gasteiger partial charge in [-0.2, -0.15) is 0 Å². The van der Waals surface area contributed by atoms with E-state index < -0.39 is 0 Å². The van der Waals surface area contributed by atoms with Gasteiger partial charge >= 0.3 is 5.97 Å². The maximum absolute atomic E-state index is 11.1. The Kier molecular flexibility index (Phi) is 5.60. The molecule has 3 heteroatoms. The molecule has 1 atom stereocenters. The summed E-state index contributed by atoms with van der Waals surface area (Å²) in [6.45, 7) is 4.34. The zero-order valence-corrected chi connectivity index (χ0v) is 8.96. The summed E-state index contributed by atoms with van der Waals surface area (Å²) in [5, 5.41) is 0. The Hall–Kier alpha value is -0.570. The fraction of sp³-hybridized carbons (Fsp3) is 0.909. The molecular formula is C11H20O3. The molecule has 1 aliphatic heterocycles. The highest BCUT2D eigenvalue weighted by Gasteiger charge is 2.15. The predicted octanol–water partition coefficient (Wildman–Crippen LogP) is 2.15. The fourth-order valence-corrected chi connectivity index (χ4v) is 1.63. The smallest absolute Gasteiger partial charge is 0.305 e. The summed E-state index contributed by atoms with van der Waals surface area (Å²) in [6.07, 6.45) is 4.67. The van der Waals surface area contributed by atoms with Crippen molar-refractivity contribution in [3.63, 3.8) is 0 Å². The molecule has 1 rings (SSSR count). The summed E-state index contributed by atoms with van der Waals surface area (Å²) in [7, 11) is 0. The monoisotopic (exact) mass is 200 g/mol. The van der Waals surface area contributed by atoms with Crippen LogP contribution >= 0.6 is 0 Å². The van der Waals surface area contributed by atoms with Crippen molar-refractivity contribution in [3.8, 4) is 0 Å². The normalized spacial score (nSPS) is 21.1. The molecule has 1 fully saturated rings. The van der Waals surface area contributed by atoms with Crippen molar-refractivity contribution in [2.24, 2.45) is 5.92 Å². The molecule has 14 heavy (non-hydrogen) atoms. The van der Waals surface area contributed by atoms with Gasteiger partial charge in [0.2, 0.25) is 0 Å². The van der Waals surface area contributed by atoms with Gasteiger partial charge in [0.05, 0.1) is 6.61 Å². The lowest BCUT2D eigenvalue weighted by Gasteiger charge is -2.06. The third kappa shape index (κ3) is 4.61. The van der Waals surface area contributed by atoms with Crippen molar-refractivity contribution < 1.29 is 14.3 Å². The van der Waals surface area contributed by atoms with E-state index >= 15 is 0 Å². The minimum absolute atomic E-state index is 0.0502. The Labute approximate surface area is 85.8 Å². The first-order valence-corrected chi connectivity index (χ1v) is 5.56. The molecule has 1 unspecified atom stereocenters. The van der Waals surface area contributed by atoms with Gasteiger partial charge in [-0.15, -0.1) is 0 Å². The van der Waals surface area contributed by atoms with E-state index in [0.717, 1.165) is 38.9 Å². The predicted molar refractivity (Wildman–Crippen MR) is 54.0 cm³/mol. The molecule has 0 bridgehead atoms. The van der Waals surface area contributed by atoms with Crippen LogP contribution in [0.2, 0.25) is 0 Å². The summed E-state index contributed by atoms with van der Waals surface area (Å²) < 4.78 is 10.2. The van der Waals surface area contributed by atoms with Crippen LogP contribution in [0.4, 0.5) is 0 Å². The zero-order chi connectivity index (χ0) is 10.2. The number of hydrogen-bond acceptors (Lipinski definition) is 3. The number of carbonyl (C=O) groups excluding carboxylic acids is 1. The maximum atomic E-state index is 11.1. The molecule has 1 aliphatic rings. The van der Waals surface area contributed by atoms with Crippen molar-refractivity contribution in [1.82, 2.24) is 0 Å². The summed E-state index contributed by atoms with van der Waals surface area (Å²) in [4.78, 5) is 11.1. The van der Waals surface area contributed by atoms with Crippen molar-refractivity contribution in [2.45, 2.75) is 39.0 Å². The van der Waals surface area contributed by atoms with Gasteiger partial charge in [-0.1, -0.05) is 6.92 Å². The van der Waals surface area contributed by atoms with Crippen LogP contribution in [-0.2, 0) is 14.3 Å². The Bertz CT molecular complexity index is 162. The van der Waals surface area contributed by atoms with Gasteiger partial charge in [0.1, 0.15) is 0 Å². The minimum atomic E-state index is -0.0502. The molecule has 0 aliphatic carbocycles. The molecule has 0 aromatic carbocycles. The van der Waals surface area contributed by atoms with Crippen LogP contribution in [0.3, 0.4) is 0 Å². The SMILES string of the molecule is CCCOC(=O)CCCC1CCOC1. The van der Waals surface area contributed by atoms with Crippen LogP contribution < -0.4 is 0 Å². The summed E-state index contributed by atoms with van der Waals surface area (Å²) >= 11 is 0. The Balaban J connectivity index is 1.94. The van der Waals surface area contributed by atoms with Crippen LogP contribution in [0.15, 0.2) is 0 Å². The van der Waals surface area contributed by atoms with Gasteiger partial charge in [0.25, 0.3) is 0 Å². The standard InChI is InChI=1S/C11H20O3/c1-2-7-14-11(12)5-3-4-10-6-8-13-9-10/h10H,2-9H2,1H3. The van der Waals surface area contributed by atoms with Gasteiger partial charge in [0.15, 0.2) is 0 Å². The molecule has 1 saturated heterocycles. The minimum Gasteiger partial charge on any atom is -0.466 e. The molecule has 0 aromatic heterocycles. The average molecular weight is 200 g/mol. The fourth-order valence-electron chi connectivity index (χ4n) is 1.63. The molecule has 82 valence electrons. The lowest BCUT2D eigenvalue weighted by Crippen LogP contribution is -2.06. The van der Waals surface area contributed by atoms with Gasteiger partial charge in [0, 0.05) is 19.6 Å². The average Bonchev–Trinajstić information content (AvgIpc) is 2.67. The van der Waals surface area contributed by atoms with E-state index in [9.17, 15) is 4.79 Å². The highest BCUT2D eigenvalue weighted by Crippen LogP contribution is 2.18. The van der Waals surface area contributed by atoms with Crippen LogP contribution in [0.1, 0.15) is 39.0 Å². The molecule has 0 spiro atoms. The van der Waals surface area contributed by atoms with Crippen LogP contribution in [0.25, 0.3) is 0 Å². The molecule has 0 saturated carbocycles. The van der Waals surface area contributed by atoms with E-state index in [4.69, 9.17) is 9.47 Å². The molecule has 0 N–H and O–H groups in total. The number of esters is 1. The first kappa shape index (κ1) is 11.5. The Morgan fingerprint density at radius 1 is 1.57 bits per heavy atom. The van der Waals surface area contributed by atoms with Gasteiger partial charge in [-0.3, -0.25) is 4.79 Å². The third-order valence-electron chi connectivity index (χ3n) is 2.48. The number of hydrogen-bond donors (Lipinski definition) is 0. The lowest BCUT2D eigenvalue weighted by molar-refractivity contribution is -0.143. The van der Waals surface area contributed by atoms with Gasteiger partial charge < -0.3 is 9.47 Å². The maximum Gasteiger partial charge on any atom is 0.305 e. The first-order valence-electron chi connectivity index (χ1n) is 5.56. The van der Waals surface area contributed by atoms with Gasteiger partial charge in [-0.05, 0) is 31.6 Å². The van der Waals surface area contributed by atoms with Crippen molar-refractivity contribution >= 4 is 5.97 Å². The molecule has 0 amide bonds. The van der Waals surface area contributed by atoms with Crippen molar-refractivity contribution in [1.29, 1.82) is 0 Å². The van der Waals surface area contributed by atoms with Gasteiger partial charge in [-0.25, -0.2) is 0 Å². The zero-order valence-electron chi connectivity index (χ0n) is 8.96. The molecular weight excluding hydrogens is 180 g/mol. The van der Waals surface area contributed by atoms with Crippen molar-refractivity contribution in [3.05, 3.63) is 0 Å². The van der Waals surface area contributed by atoms with E-state index in [2.05, 4.69) is 0 Å². The Morgan fingerprint density at radius 2 is 2.43 bits per heavy atom. The summed E-state index contributed by atoms with van der Waals surface area (Å²) in [5.74, 6) is 0.625. The number of ether oxygens (including phenoxy) is 2. The quantitative estimate of drug-likeness (QED) is 0.616. The molecule has 0 aromatic rings. The van der Waals surface area contributed by atoms with Crippen molar-refractivity contribution in [2.75, 3.05) is 19.8 Å². The highest BCUT2D eigenvalue weighted by atomic mass is 16.5. The number of carbonyl (C=O) groups is 1. The topological polar surface area (TPSA) is 35.5 Å². The second-order valence-electron chi connectivity index (χ2n) is 3.84. The van der Waals surface area contributed by atoms with E-state index in [1.807, 2.05) is 6.92 Å². The molecule has 3 nitrogen and oxygen atoms in total. The first-order chi connectivity index (χ1) is 6.83. The van der Waals surface area contributed by atoms with E-state index in [-0.39, 0.29) is 5.97 Å². The highest BCUT2D eigenvalue weighted by molar-refractivity contribution is 5.69. The van der Waals surface area contributed by atoms with E-state index in [1.54, 1.807) is 0 Å². The molecule has 0 radical (unpaired) electrons.